The molecule has 2 atom stereocenters. The van der Waals surface area contributed by atoms with Crippen LogP contribution in [0, 0.1) is 5.82 Å². The van der Waals surface area contributed by atoms with Crippen LogP contribution in [0.15, 0.2) is 66.1 Å². The van der Waals surface area contributed by atoms with Gasteiger partial charge in [-0.05, 0) is 49.4 Å². The molecule has 1 aliphatic heterocycles. The van der Waals surface area contributed by atoms with E-state index in [1.54, 1.807) is 31.2 Å². The fourth-order valence-electron chi connectivity index (χ4n) is 2.75. The molecule has 0 aromatic heterocycles. The van der Waals surface area contributed by atoms with Gasteiger partial charge in [-0.1, -0.05) is 18.2 Å². The zero-order chi connectivity index (χ0) is 18.7. The van der Waals surface area contributed by atoms with Gasteiger partial charge in [-0.25, -0.2) is 12.8 Å². The van der Waals surface area contributed by atoms with Crippen molar-refractivity contribution in [2.24, 2.45) is 0 Å². The molecule has 0 saturated heterocycles. The zero-order valence-corrected chi connectivity index (χ0v) is 14.9. The predicted molar refractivity (Wildman–Crippen MR) is 97.1 cm³/mol. The number of nitrogens with zero attached hydrogens (tertiary/aromatic N) is 1. The van der Waals surface area contributed by atoms with Crippen LogP contribution < -0.4 is 9.64 Å². The number of hydrogen-bond donors (Lipinski definition) is 0. The van der Waals surface area contributed by atoms with E-state index in [-0.39, 0.29) is 5.75 Å². The lowest BCUT2D eigenvalue weighted by atomic mass is 10.2. The molecule has 26 heavy (non-hydrogen) atoms. The van der Waals surface area contributed by atoms with Crippen molar-refractivity contribution in [2.45, 2.75) is 19.1 Å². The van der Waals surface area contributed by atoms with Gasteiger partial charge in [0.05, 0.1) is 11.8 Å². The van der Waals surface area contributed by atoms with E-state index in [1.165, 1.54) is 35.2 Å². The number of hydrogen-bond acceptors (Lipinski definition) is 4. The number of ether oxygens (including phenoxy) is 1. The van der Waals surface area contributed by atoms with Crippen LogP contribution in [-0.4, -0.2) is 32.2 Å². The van der Waals surface area contributed by atoms with Crippen LogP contribution in [-0.2, 0) is 14.6 Å². The molecular formula is C19H18FNO4S. The van der Waals surface area contributed by atoms with E-state index in [4.69, 9.17) is 4.74 Å². The van der Waals surface area contributed by atoms with Crippen LogP contribution in [0.5, 0.6) is 5.75 Å². The number of rotatable bonds is 5. The van der Waals surface area contributed by atoms with Gasteiger partial charge in [-0.15, -0.1) is 0 Å². The fraction of sp³-hybridized carbons (Fsp3) is 0.211. The van der Waals surface area contributed by atoms with Crippen molar-refractivity contribution in [3.63, 3.8) is 0 Å². The first kappa shape index (κ1) is 18.1. The van der Waals surface area contributed by atoms with Gasteiger partial charge in [0.15, 0.2) is 15.9 Å². The molecule has 0 N–H and O–H groups in total. The highest BCUT2D eigenvalue weighted by molar-refractivity contribution is 7.94. The Morgan fingerprint density at radius 3 is 2.38 bits per heavy atom. The van der Waals surface area contributed by atoms with E-state index < -0.39 is 33.7 Å². The average Bonchev–Trinajstić information content (AvgIpc) is 2.97. The highest BCUT2D eigenvalue weighted by Crippen LogP contribution is 2.25. The fourth-order valence-corrected chi connectivity index (χ4v) is 4.02. The third kappa shape index (κ3) is 4.11. The molecule has 0 radical (unpaired) electrons. The minimum absolute atomic E-state index is 0.214. The van der Waals surface area contributed by atoms with Gasteiger partial charge in [0, 0.05) is 11.1 Å². The number of carbonyl (C=O) groups is 1. The molecule has 2 aromatic rings. The van der Waals surface area contributed by atoms with E-state index in [0.29, 0.717) is 11.4 Å². The summed E-state index contributed by atoms with van der Waals surface area (Å²) >= 11 is 0. The van der Waals surface area contributed by atoms with Crippen LogP contribution in [0.3, 0.4) is 0 Å². The Kier molecular flexibility index (Phi) is 5.08. The van der Waals surface area contributed by atoms with Gasteiger partial charge in [-0.3, -0.25) is 4.79 Å². The van der Waals surface area contributed by atoms with Crippen molar-refractivity contribution < 1.29 is 22.3 Å². The van der Waals surface area contributed by atoms with Crippen molar-refractivity contribution >= 4 is 21.4 Å². The van der Waals surface area contributed by atoms with Gasteiger partial charge in [0.25, 0.3) is 5.91 Å². The molecule has 0 fully saturated rings. The van der Waals surface area contributed by atoms with Gasteiger partial charge in [-0.2, -0.15) is 0 Å². The lowest BCUT2D eigenvalue weighted by molar-refractivity contribution is -0.124. The molecule has 0 unspecified atom stereocenters. The van der Waals surface area contributed by atoms with Crippen LogP contribution in [0.1, 0.15) is 6.92 Å². The first-order chi connectivity index (χ1) is 12.4. The Morgan fingerprint density at radius 2 is 1.81 bits per heavy atom. The van der Waals surface area contributed by atoms with Crippen LogP contribution in [0.2, 0.25) is 0 Å². The summed E-state index contributed by atoms with van der Waals surface area (Å²) in [6.45, 7) is 1.60. The number of para-hydroxylation sites is 1. The minimum Gasteiger partial charge on any atom is -0.481 e. The van der Waals surface area contributed by atoms with Gasteiger partial charge in [0.2, 0.25) is 0 Å². The summed E-state index contributed by atoms with van der Waals surface area (Å²) in [5.74, 6) is -0.535. The Hall–Kier alpha value is -2.67. The maximum Gasteiger partial charge on any atom is 0.268 e. The van der Waals surface area contributed by atoms with Crippen molar-refractivity contribution in [3.8, 4) is 5.75 Å². The molecule has 0 bridgehead atoms. The Bertz CT molecular complexity index is 910. The number of anilines is 1. The number of sulfone groups is 1. The second-order valence-electron chi connectivity index (χ2n) is 5.98. The van der Waals surface area contributed by atoms with E-state index in [0.717, 1.165) is 5.41 Å². The molecule has 1 heterocycles. The molecule has 2 aromatic carbocycles. The molecule has 1 aliphatic rings. The number of benzene rings is 2. The molecule has 7 heteroatoms. The van der Waals surface area contributed by atoms with Crippen molar-refractivity contribution in [1.82, 2.24) is 0 Å². The largest absolute Gasteiger partial charge is 0.481 e. The summed E-state index contributed by atoms with van der Waals surface area (Å²) in [7, 11) is -3.36. The monoisotopic (exact) mass is 375 g/mol. The van der Waals surface area contributed by atoms with E-state index in [1.807, 2.05) is 6.07 Å². The first-order valence-corrected chi connectivity index (χ1v) is 9.78. The SMILES string of the molecule is C[C@H](Oc1ccccc1)C(=O)N(c1ccc(F)cc1)[C@@H]1C=CS(=O)(=O)C1. The standard InChI is InChI=1S/C19H18FNO4S/c1-14(25-18-5-3-2-4-6-18)19(22)21(16-9-7-15(20)8-10-16)17-11-12-26(23,24)13-17/h2-12,14,17H,13H2,1H3/t14-,17+/m0/s1. The van der Waals surface area contributed by atoms with Crippen LogP contribution >= 0.6 is 0 Å². The third-order valence-electron chi connectivity index (χ3n) is 3.99. The first-order valence-electron chi connectivity index (χ1n) is 8.07. The summed E-state index contributed by atoms with van der Waals surface area (Å²) in [4.78, 5) is 14.4. The zero-order valence-electron chi connectivity index (χ0n) is 14.1. The normalized spacial score (nSPS) is 19.1. The minimum atomic E-state index is -3.36. The van der Waals surface area contributed by atoms with Crippen LogP contribution in [0.25, 0.3) is 0 Å². The quantitative estimate of drug-likeness (QED) is 0.806. The van der Waals surface area contributed by atoms with Crippen molar-refractivity contribution in [2.75, 3.05) is 10.7 Å². The summed E-state index contributed by atoms with van der Waals surface area (Å²) in [6.07, 6.45) is 0.616. The maximum atomic E-state index is 13.3. The number of amides is 1. The second kappa shape index (κ2) is 7.29. The Morgan fingerprint density at radius 1 is 1.15 bits per heavy atom. The smallest absolute Gasteiger partial charge is 0.268 e. The molecule has 5 nitrogen and oxygen atoms in total. The van der Waals surface area contributed by atoms with Gasteiger partial charge >= 0.3 is 0 Å². The van der Waals surface area contributed by atoms with E-state index in [2.05, 4.69) is 0 Å². The molecule has 0 aliphatic carbocycles. The van der Waals surface area contributed by atoms with Crippen molar-refractivity contribution in [3.05, 3.63) is 71.9 Å². The highest BCUT2D eigenvalue weighted by Gasteiger charge is 2.34. The number of halogens is 1. The lowest BCUT2D eigenvalue weighted by Gasteiger charge is -2.30. The molecule has 3 rings (SSSR count). The van der Waals surface area contributed by atoms with Gasteiger partial charge < -0.3 is 9.64 Å². The average molecular weight is 375 g/mol. The summed E-state index contributed by atoms with van der Waals surface area (Å²) in [5.41, 5.74) is 0.409. The lowest BCUT2D eigenvalue weighted by Crippen LogP contribution is -2.47. The van der Waals surface area contributed by atoms with Gasteiger partial charge in [0.1, 0.15) is 11.6 Å². The summed E-state index contributed by atoms with van der Waals surface area (Å²) in [5, 5.41) is 1.10. The van der Waals surface area contributed by atoms with Crippen LogP contribution in [0.4, 0.5) is 10.1 Å². The summed E-state index contributed by atoms with van der Waals surface area (Å²) < 4.78 is 42.5. The van der Waals surface area contributed by atoms with E-state index in [9.17, 15) is 17.6 Å². The molecule has 0 saturated carbocycles. The molecule has 1 amide bonds. The summed E-state index contributed by atoms with van der Waals surface area (Å²) in [6, 6.07) is 13.5. The molecule has 136 valence electrons. The van der Waals surface area contributed by atoms with E-state index >= 15 is 0 Å². The molecule has 0 spiro atoms. The molecular weight excluding hydrogens is 357 g/mol. The Balaban J connectivity index is 1.88. The highest BCUT2D eigenvalue weighted by atomic mass is 32.2. The Labute approximate surface area is 151 Å². The topological polar surface area (TPSA) is 63.7 Å². The van der Waals surface area contributed by atoms with Crippen molar-refractivity contribution in [1.29, 1.82) is 0 Å². The maximum absolute atomic E-state index is 13.3. The number of carbonyl (C=O) groups excluding carboxylic acids is 1. The predicted octanol–water partition coefficient (Wildman–Crippen LogP) is 2.94. The second-order valence-corrected chi connectivity index (χ2v) is 7.91. The third-order valence-corrected chi connectivity index (χ3v) is 5.37.